The number of hydrogen-bond donors (Lipinski definition) is 0. The van der Waals surface area contributed by atoms with E-state index in [9.17, 15) is 0 Å². The van der Waals surface area contributed by atoms with E-state index in [0.717, 1.165) is 43.9 Å². The van der Waals surface area contributed by atoms with Gasteiger partial charge in [0.05, 0.1) is 7.11 Å². The molecule has 0 unspecified atom stereocenters. The highest BCUT2D eigenvalue weighted by Gasteiger charge is 2.25. The predicted octanol–water partition coefficient (Wildman–Crippen LogP) is 3.24. The Hall–Kier alpha value is -2.10. The summed E-state index contributed by atoms with van der Waals surface area (Å²) in [4.78, 5) is 11.9. The van der Waals surface area contributed by atoms with Crippen LogP contribution < -0.4 is 9.64 Å². The Labute approximate surface area is 137 Å². The number of aryl methyl sites for hydroxylation is 2. The van der Waals surface area contributed by atoms with E-state index in [4.69, 9.17) is 9.72 Å². The Bertz CT molecular complexity index is 742. The summed E-state index contributed by atoms with van der Waals surface area (Å²) in [6.45, 7) is 3.92. The van der Waals surface area contributed by atoms with Gasteiger partial charge in [-0.15, -0.1) is 0 Å². The number of rotatable bonds is 2. The Kier molecular flexibility index (Phi) is 3.68. The van der Waals surface area contributed by atoms with Crippen molar-refractivity contribution in [1.29, 1.82) is 0 Å². The number of hydrogen-bond acceptors (Lipinski definition) is 4. The maximum absolute atomic E-state index is 5.52. The first-order chi connectivity index (χ1) is 11.3. The molecule has 0 saturated heterocycles. The summed E-state index contributed by atoms with van der Waals surface area (Å²) in [6, 6.07) is 6.36. The SMILES string of the molecule is COc1cccc2c1CCN(c1nc(C)nc3c1CCCC3)C2. The van der Waals surface area contributed by atoms with Crippen LogP contribution in [-0.4, -0.2) is 23.6 Å². The van der Waals surface area contributed by atoms with Crippen molar-refractivity contribution in [2.75, 3.05) is 18.6 Å². The van der Waals surface area contributed by atoms with Gasteiger partial charge in [0.1, 0.15) is 17.4 Å². The first-order valence-corrected chi connectivity index (χ1v) is 8.52. The van der Waals surface area contributed by atoms with Crippen LogP contribution in [0.1, 0.15) is 41.1 Å². The number of fused-ring (bicyclic) bond motifs is 2. The molecule has 0 bridgehead atoms. The van der Waals surface area contributed by atoms with Crippen molar-refractivity contribution in [2.24, 2.45) is 0 Å². The molecule has 0 N–H and O–H groups in total. The molecule has 120 valence electrons. The average Bonchev–Trinajstić information content (AvgIpc) is 2.60. The average molecular weight is 309 g/mol. The lowest BCUT2D eigenvalue weighted by atomic mass is 9.94. The fourth-order valence-electron chi connectivity index (χ4n) is 3.90. The van der Waals surface area contributed by atoms with Crippen LogP contribution in [0.5, 0.6) is 5.75 Å². The zero-order valence-electron chi connectivity index (χ0n) is 13.9. The molecule has 4 heteroatoms. The van der Waals surface area contributed by atoms with Gasteiger partial charge in [-0.2, -0.15) is 0 Å². The van der Waals surface area contributed by atoms with E-state index in [-0.39, 0.29) is 0 Å². The molecule has 0 atom stereocenters. The summed E-state index contributed by atoms with van der Waals surface area (Å²) in [5.74, 6) is 3.08. The molecule has 1 aromatic heterocycles. The maximum atomic E-state index is 5.52. The number of anilines is 1. The molecule has 2 heterocycles. The van der Waals surface area contributed by atoms with E-state index in [0.29, 0.717) is 0 Å². The van der Waals surface area contributed by atoms with Crippen LogP contribution in [0.15, 0.2) is 18.2 Å². The Morgan fingerprint density at radius 3 is 2.78 bits per heavy atom. The van der Waals surface area contributed by atoms with E-state index in [1.807, 2.05) is 6.92 Å². The standard InChI is InChI=1S/C19H23N3O/c1-13-20-17-8-4-3-7-16(17)19(21-13)22-11-10-15-14(12-22)6-5-9-18(15)23-2/h5-6,9H,3-4,7-8,10-12H2,1-2H3. The second-order valence-corrected chi connectivity index (χ2v) is 6.50. The molecule has 0 saturated carbocycles. The fraction of sp³-hybridized carbons (Fsp3) is 0.474. The summed E-state index contributed by atoms with van der Waals surface area (Å²) in [6.07, 6.45) is 5.74. The zero-order chi connectivity index (χ0) is 15.8. The maximum Gasteiger partial charge on any atom is 0.136 e. The van der Waals surface area contributed by atoms with Gasteiger partial charge in [0.15, 0.2) is 0 Å². The van der Waals surface area contributed by atoms with Crippen LogP contribution in [0.4, 0.5) is 5.82 Å². The lowest BCUT2D eigenvalue weighted by Crippen LogP contribution is -2.33. The highest BCUT2D eigenvalue weighted by atomic mass is 16.5. The van der Waals surface area contributed by atoms with Gasteiger partial charge in [-0.25, -0.2) is 9.97 Å². The number of methoxy groups -OCH3 is 1. The third-order valence-electron chi connectivity index (χ3n) is 5.02. The zero-order valence-corrected chi connectivity index (χ0v) is 13.9. The largest absolute Gasteiger partial charge is 0.496 e. The van der Waals surface area contributed by atoms with Gasteiger partial charge in [0.2, 0.25) is 0 Å². The van der Waals surface area contributed by atoms with Crippen LogP contribution >= 0.6 is 0 Å². The lowest BCUT2D eigenvalue weighted by Gasteiger charge is -2.33. The van der Waals surface area contributed by atoms with Gasteiger partial charge in [0, 0.05) is 29.9 Å². The second-order valence-electron chi connectivity index (χ2n) is 6.50. The Morgan fingerprint density at radius 2 is 1.91 bits per heavy atom. The van der Waals surface area contributed by atoms with Crippen LogP contribution in [0, 0.1) is 6.92 Å². The third-order valence-corrected chi connectivity index (χ3v) is 5.02. The lowest BCUT2D eigenvalue weighted by molar-refractivity contribution is 0.407. The molecule has 4 rings (SSSR count). The van der Waals surface area contributed by atoms with Gasteiger partial charge in [0.25, 0.3) is 0 Å². The Morgan fingerprint density at radius 1 is 1.04 bits per heavy atom. The third kappa shape index (κ3) is 2.56. The van der Waals surface area contributed by atoms with E-state index in [1.54, 1.807) is 7.11 Å². The smallest absolute Gasteiger partial charge is 0.136 e. The highest BCUT2D eigenvalue weighted by Crippen LogP contribution is 2.33. The van der Waals surface area contributed by atoms with Gasteiger partial charge in [-0.3, -0.25) is 0 Å². The molecular formula is C19H23N3O. The fourth-order valence-corrected chi connectivity index (χ4v) is 3.90. The molecule has 1 aliphatic carbocycles. The molecular weight excluding hydrogens is 286 g/mol. The summed E-state index contributed by atoms with van der Waals surface area (Å²) in [7, 11) is 1.76. The molecule has 0 fully saturated rings. The van der Waals surface area contributed by atoms with Gasteiger partial charge >= 0.3 is 0 Å². The van der Waals surface area contributed by atoms with Crippen molar-refractivity contribution in [1.82, 2.24) is 9.97 Å². The topological polar surface area (TPSA) is 38.2 Å². The van der Waals surface area contributed by atoms with E-state index < -0.39 is 0 Å². The van der Waals surface area contributed by atoms with E-state index in [1.165, 1.54) is 41.0 Å². The monoisotopic (exact) mass is 309 g/mol. The van der Waals surface area contributed by atoms with Crippen LogP contribution in [0.2, 0.25) is 0 Å². The molecule has 1 aromatic carbocycles. The molecule has 0 amide bonds. The molecule has 1 aliphatic heterocycles. The van der Waals surface area contributed by atoms with Crippen LogP contribution in [-0.2, 0) is 25.8 Å². The highest BCUT2D eigenvalue weighted by molar-refractivity contribution is 5.54. The minimum atomic E-state index is 0.900. The van der Waals surface area contributed by atoms with Crippen molar-refractivity contribution in [3.63, 3.8) is 0 Å². The number of aromatic nitrogens is 2. The minimum Gasteiger partial charge on any atom is -0.496 e. The van der Waals surface area contributed by atoms with E-state index >= 15 is 0 Å². The molecule has 2 aliphatic rings. The van der Waals surface area contributed by atoms with Crippen molar-refractivity contribution in [3.05, 3.63) is 46.4 Å². The van der Waals surface area contributed by atoms with Crippen LogP contribution in [0.25, 0.3) is 0 Å². The van der Waals surface area contributed by atoms with Crippen molar-refractivity contribution < 1.29 is 4.74 Å². The molecule has 23 heavy (non-hydrogen) atoms. The van der Waals surface area contributed by atoms with Crippen molar-refractivity contribution in [3.8, 4) is 5.75 Å². The first-order valence-electron chi connectivity index (χ1n) is 8.52. The molecule has 4 nitrogen and oxygen atoms in total. The quantitative estimate of drug-likeness (QED) is 0.853. The molecule has 2 aromatic rings. The van der Waals surface area contributed by atoms with E-state index in [2.05, 4.69) is 28.1 Å². The van der Waals surface area contributed by atoms with Gasteiger partial charge < -0.3 is 9.64 Å². The van der Waals surface area contributed by atoms with Gasteiger partial charge in [-0.05, 0) is 50.7 Å². The van der Waals surface area contributed by atoms with Crippen LogP contribution in [0.3, 0.4) is 0 Å². The summed E-state index contributed by atoms with van der Waals surface area (Å²) < 4.78 is 5.52. The van der Waals surface area contributed by atoms with Crippen molar-refractivity contribution >= 4 is 5.82 Å². The molecule has 0 radical (unpaired) electrons. The predicted molar refractivity (Wildman–Crippen MR) is 91.2 cm³/mol. The summed E-state index contributed by atoms with van der Waals surface area (Å²) >= 11 is 0. The second kappa shape index (κ2) is 5.84. The van der Waals surface area contributed by atoms with Gasteiger partial charge in [-0.1, -0.05) is 12.1 Å². The molecule has 0 spiro atoms. The number of benzene rings is 1. The number of ether oxygens (including phenoxy) is 1. The van der Waals surface area contributed by atoms with Crippen molar-refractivity contribution in [2.45, 2.75) is 45.6 Å². The first kappa shape index (κ1) is 14.5. The minimum absolute atomic E-state index is 0.900. The Balaban J connectivity index is 1.71. The number of nitrogens with zero attached hydrogens (tertiary/aromatic N) is 3. The summed E-state index contributed by atoms with van der Waals surface area (Å²) in [5.41, 5.74) is 5.37. The summed E-state index contributed by atoms with van der Waals surface area (Å²) in [5, 5.41) is 0. The normalized spacial score (nSPS) is 16.7.